The summed E-state index contributed by atoms with van der Waals surface area (Å²) in [5, 5.41) is 1.28. The molecular formula is C23H21ClN2O4. The van der Waals surface area contributed by atoms with Crippen molar-refractivity contribution in [1.29, 1.82) is 0 Å². The number of H-pyrrole nitrogens is 1. The number of hydrogen-bond donors (Lipinski definition) is 1. The summed E-state index contributed by atoms with van der Waals surface area (Å²) in [6.45, 7) is 2.25. The van der Waals surface area contributed by atoms with Gasteiger partial charge < -0.3 is 19.4 Å². The Kier molecular flexibility index (Phi) is 5.88. The molecule has 154 valence electrons. The van der Waals surface area contributed by atoms with Gasteiger partial charge in [0.15, 0.2) is 5.78 Å². The Labute approximate surface area is 178 Å². The molecule has 1 fully saturated rings. The summed E-state index contributed by atoms with van der Waals surface area (Å²) in [6, 6.07) is 12.6. The molecule has 1 aliphatic heterocycles. The maximum Gasteiger partial charge on any atom is 0.261 e. The van der Waals surface area contributed by atoms with Crippen LogP contribution in [0.1, 0.15) is 15.9 Å². The van der Waals surface area contributed by atoms with Crippen LogP contribution < -0.4 is 15.2 Å². The van der Waals surface area contributed by atoms with Crippen LogP contribution in [0.4, 0.5) is 5.69 Å². The molecule has 0 aliphatic carbocycles. The number of carbonyl (C=O) groups is 1. The summed E-state index contributed by atoms with van der Waals surface area (Å²) in [5.41, 5.74) is 1.76. The molecule has 7 heteroatoms. The van der Waals surface area contributed by atoms with Gasteiger partial charge in [0.05, 0.1) is 31.5 Å². The molecular weight excluding hydrogens is 404 g/mol. The van der Waals surface area contributed by atoms with E-state index in [2.05, 4.69) is 4.98 Å². The minimum Gasteiger partial charge on any atom is -0.497 e. The molecule has 3 aromatic rings. The Bertz CT molecular complexity index is 1160. The quantitative estimate of drug-likeness (QED) is 0.496. The summed E-state index contributed by atoms with van der Waals surface area (Å²) in [4.78, 5) is 30.9. The van der Waals surface area contributed by atoms with Crippen molar-refractivity contribution in [2.75, 3.05) is 38.3 Å². The number of allylic oxidation sites excluding steroid dienone is 1. The van der Waals surface area contributed by atoms with Gasteiger partial charge in [0.2, 0.25) is 0 Å². The summed E-state index contributed by atoms with van der Waals surface area (Å²) in [7, 11) is 1.60. The third-order valence-corrected chi connectivity index (χ3v) is 5.30. The van der Waals surface area contributed by atoms with E-state index in [1.54, 1.807) is 31.4 Å². The highest BCUT2D eigenvalue weighted by Crippen LogP contribution is 2.31. The molecule has 30 heavy (non-hydrogen) atoms. The van der Waals surface area contributed by atoms with Crippen LogP contribution in [-0.2, 0) is 4.74 Å². The number of halogens is 1. The van der Waals surface area contributed by atoms with Gasteiger partial charge in [0, 0.05) is 23.5 Å². The first-order valence-corrected chi connectivity index (χ1v) is 9.99. The number of aromatic nitrogens is 1. The van der Waals surface area contributed by atoms with Gasteiger partial charge in [-0.05, 0) is 42.0 Å². The topological polar surface area (TPSA) is 71.6 Å². The molecule has 4 rings (SSSR count). The highest BCUT2D eigenvalue weighted by molar-refractivity contribution is 6.31. The van der Waals surface area contributed by atoms with Crippen molar-refractivity contribution in [3.05, 3.63) is 75.0 Å². The number of fused-ring (bicyclic) bond motifs is 1. The Hall–Kier alpha value is -3.09. The van der Waals surface area contributed by atoms with Crippen molar-refractivity contribution in [3.8, 4) is 5.75 Å². The minimum atomic E-state index is -0.421. The van der Waals surface area contributed by atoms with Crippen molar-refractivity contribution >= 4 is 40.1 Å². The van der Waals surface area contributed by atoms with Crippen LogP contribution in [-0.4, -0.2) is 44.2 Å². The highest BCUT2D eigenvalue weighted by atomic mass is 35.5. The van der Waals surface area contributed by atoms with Crippen LogP contribution in [0, 0.1) is 0 Å². The third-order valence-electron chi connectivity index (χ3n) is 5.07. The zero-order valence-corrected chi connectivity index (χ0v) is 17.2. The molecule has 2 heterocycles. The molecule has 0 amide bonds. The van der Waals surface area contributed by atoms with Crippen LogP contribution in [0.25, 0.3) is 17.0 Å². The maximum absolute atomic E-state index is 13.1. The van der Waals surface area contributed by atoms with E-state index in [-0.39, 0.29) is 11.3 Å². The van der Waals surface area contributed by atoms with Crippen molar-refractivity contribution in [2.24, 2.45) is 0 Å². The number of aromatic amines is 1. The van der Waals surface area contributed by atoms with E-state index in [0.717, 1.165) is 16.7 Å². The number of nitrogens with zero attached hydrogens (tertiary/aromatic N) is 1. The summed E-state index contributed by atoms with van der Waals surface area (Å²) >= 11 is 6.22. The molecule has 1 saturated heterocycles. The highest BCUT2D eigenvalue weighted by Gasteiger charge is 2.24. The molecule has 0 atom stereocenters. The molecule has 6 nitrogen and oxygen atoms in total. The van der Waals surface area contributed by atoms with Gasteiger partial charge in [0.1, 0.15) is 11.3 Å². The molecule has 0 bridgehead atoms. The van der Waals surface area contributed by atoms with E-state index in [4.69, 9.17) is 21.1 Å². The first-order valence-electron chi connectivity index (χ1n) is 9.61. The van der Waals surface area contributed by atoms with Gasteiger partial charge in [-0.1, -0.05) is 29.8 Å². The molecule has 0 saturated carbocycles. The number of methoxy groups -OCH3 is 1. The third kappa shape index (κ3) is 4.10. The summed E-state index contributed by atoms with van der Waals surface area (Å²) < 4.78 is 10.6. The van der Waals surface area contributed by atoms with E-state index in [9.17, 15) is 9.59 Å². The minimum absolute atomic E-state index is 0.108. The zero-order valence-electron chi connectivity index (χ0n) is 16.5. The normalized spacial score (nSPS) is 14.4. The van der Waals surface area contributed by atoms with Crippen LogP contribution >= 0.6 is 11.6 Å². The Morgan fingerprint density at radius 3 is 2.60 bits per heavy atom. The fraction of sp³-hybridized carbons (Fsp3) is 0.217. The van der Waals surface area contributed by atoms with E-state index >= 15 is 0 Å². The molecule has 1 aromatic heterocycles. The van der Waals surface area contributed by atoms with Gasteiger partial charge in [-0.3, -0.25) is 9.59 Å². The van der Waals surface area contributed by atoms with E-state index in [1.807, 2.05) is 29.2 Å². The van der Waals surface area contributed by atoms with Gasteiger partial charge in [-0.15, -0.1) is 0 Å². The number of benzene rings is 2. The molecule has 1 N–H and O–H groups in total. The van der Waals surface area contributed by atoms with Gasteiger partial charge in [-0.25, -0.2) is 0 Å². The Morgan fingerprint density at radius 1 is 1.17 bits per heavy atom. The number of ketones is 1. The first-order chi connectivity index (χ1) is 14.6. The average molecular weight is 425 g/mol. The SMILES string of the molecule is COc1ccc(/C=C/C(=O)c2c(N3CCOCC3)c3cc(Cl)ccc3[nH]c2=O)cc1. The van der Waals surface area contributed by atoms with Crippen molar-refractivity contribution in [2.45, 2.75) is 0 Å². The zero-order chi connectivity index (χ0) is 21.1. The smallest absolute Gasteiger partial charge is 0.261 e. The number of rotatable bonds is 5. The summed E-state index contributed by atoms with van der Waals surface area (Å²) in [5.74, 6) is 0.367. The van der Waals surface area contributed by atoms with E-state index in [1.165, 1.54) is 6.08 Å². The Morgan fingerprint density at radius 2 is 1.90 bits per heavy atom. The predicted molar refractivity (Wildman–Crippen MR) is 119 cm³/mol. The van der Waals surface area contributed by atoms with Crippen molar-refractivity contribution < 1.29 is 14.3 Å². The number of hydrogen-bond acceptors (Lipinski definition) is 5. The predicted octanol–water partition coefficient (Wildman–Crippen LogP) is 3.92. The van der Waals surface area contributed by atoms with Crippen LogP contribution in [0.5, 0.6) is 5.75 Å². The number of carbonyl (C=O) groups excluding carboxylic acids is 1. The van der Waals surface area contributed by atoms with E-state index in [0.29, 0.717) is 42.5 Å². The second-order valence-electron chi connectivity index (χ2n) is 6.94. The van der Waals surface area contributed by atoms with Crippen molar-refractivity contribution in [1.82, 2.24) is 4.98 Å². The maximum atomic E-state index is 13.1. The number of nitrogens with one attached hydrogen (secondary N) is 1. The molecule has 0 unspecified atom stereocenters. The second kappa shape index (κ2) is 8.73. The number of anilines is 1. The lowest BCUT2D eigenvalue weighted by molar-refractivity contribution is 0.104. The lowest BCUT2D eigenvalue weighted by Crippen LogP contribution is -2.38. The molecule has 0 radical (unpaired) electrons. The van der Waals surface area contributed by atoms with Gasteiger partial charge >= 0.3 is 0 Å². The molecule has 0 spiro atoms. The monoisotopic (exact) mass is 424 g/mol. The van der Waals surface area contributed by atoms with Gasteiger partial charge in [0.25, 0.3) is 5.56 Å². The number of pyridine rings is 1. The van der Waals surface area contributed by atoms with Gasteiger partial charge in [-0.2, -0.15) is 0 Å². The molecule has 2 aromatic carbocycles. The second-order valence-corrected chi connectivity index (χ2v) is 7.37. The fourth-order valence-electron chi connectivity index (χ4n) is 3.56. The number of ether oxygens (including phenoxy) is 2. The number of morpholine rings is 1. The first kappa shape index (κ1) is 20.2. The van der Waals surface area contributed by atoms with Crippen LogP contribution in [0.2, 0.25) is 5.02 Å². The molecule has 1 aliphatic rings. The lowest BCUT2D eigenvalue weighted by atomic mass is 10.0. The Balaban J connectivity index is 1.79. The lowest BCUT2D eigenvalue weighted by Gasteiger charge is -2.31. The summed E-state index contributed by atoms with van der Waals surface area (Å²) in [6.07, 6.45) is 3.11. The average Bonchev–Trinajstić information content (AvgIpc) is 2.78. The largest absolute Gasteiger partial charge is 0.497 e. The van der Waals surface area contributed by atoms with Crippen LogP contribution in [0.15, 0.2) is 53.3 Å². The van der Waals surface area contributed by atoms with Crippen molar-refractivity contribution in [3.63, 3.8) is 0 Å². The standard InChI is InChI=1S/C23H21ClN2O4/c1-29-17-6-2-15(3-7-17)4-9-20(27)21-22(26-10-12-30-13-11-26)18-14-16(24)5-8-19(18)25-23(21)28/h2-9,14H,10-13H2,1H3,(H,25,28)/b9-4+. The van der Waals surface area contributed by atoms with E-state index < -0.39 is 5.56 Å². The fourth-order valence-corrected chi connectivity index (χ4v) is 3.73. The van der Waals surface area contributed by atoms with Crippen LogP contribution in [0.3, 0.4) is 0 Å².